The largest absolute Gasteiger partial charge is 0.467 e. The summed E-state index contributed by atoms with van der Waals surface area (Å²) >= 11 is 0. The first-order chi connectivity index (χ1) is 6.53. The average molecular weight is 208 g/mol. The number of nitrogens with zero attached hydrogens (tertiary/aromatic N) is 2. The van der Waals surface area contributed by atoms with Crippen LogP contribution in [0.15, 0.2) is 12.4 Å². The minimum absolute atomic E-state index is 0.0169. The highest BCUT2D eigenvalue weighted by molar-refractivity contribution is 5.15. The first kappa shape index (κ1) is 10.7. The Labute approximate surface area is 77.4 Å². The topological polar surface area (TPSA) is 55.2 Å². The Kier molecular flexibility index (Phi) is 3.23. The number of aliphatic hydroxyl groups excluding tert-OH is 1. The summed E-state index contributed by atoms with van der Waals surface area (Å²) in [5.74, 6) is -0.299. The molecular formula is C7H7F3N2O2. The summed E-state index contributed by atoms with van der Waals surface area (Å²) in [6.07, 6.45) is -1.99. The molecule has 0 saturated heterocycles. The zero-order valence-electron chi connectivity index (χ0n) is 6.95. The van der Waals surface area contributed by atoms with Crippen molar-refractivity contribution < 1.29 is 23.0 Å². The Morgan fingerprint density at radius 1 is 1.29 bits per heavy atom. The lowest BCUT2D eigenvalue weighted by Gasteiger charge is -2.09. The fourth-order valence-electron chi connectivity index (χ4n) is 0.733. The zero-order chi connectivity index (χ0) is 10.6. The van der Waals surface area contributed by atoms with E-state index in [1.165, 1.54) is 12.4 Å². The molecule has 0 aliphatic heterocycles. The Morgan fingerprint density at radius 2 is 1.93 bits per heavy atom. The van der Waals surface area contributed by atoms with Crippen molar-refractivity contribution in [2.24, 2.45) is 0 Å². The summed E-state index contributed by atoms with van der Waals surface area (Å²) in [4.78, 5) is 7.10. The molecule has 1 aromatic rings. The molecule has 4 nitrogen and oxygen atoms in total. The molecule has 1 N–H and O–H groups in total. The van der Waals surface area contributed by atoms with Gasteiger partial charge in [-0.3, -0.25) is 4.98 Å². The highest BCUT2D eigenvalue weighted by Gasteiger charge is 2.29. The molecule has 78 valence electrons. The van der Waals surface area contributed by atoms with Gasteiger partial charge in [-0.25, -0.2) is 4.98 Å². The molecule has 0 aliphatic carbocycles. The smallest absolute Gasteiger partial charge is 0.422 e. The maximum atomic E-state index is 11.7. The molecule has 1 aromatic heterocycles. The van der Waals surface area contributed by atoms with Gasteiger partial charge in [0.1, 0.15) is 5.69 Å². The van der Waals surface area contributed by atoms with Crippen LogP contribution in [-0.2, 0) is 6.61 Å². The van der Waals surface area contributed by atoms with Crippen molar-refractivity contribution in [2.45, 2.75) is 12.8 Å². The van der Waals surface area contributed by atoms with Crippen molar-refractivity contribution in [2.75, 3.05) is 6.61 Å². The molecular weight excluding hydrogens is 201 g/mol. The van der Waals surface area contributed by atoms with E-state index in [0.29, 0.717) is 0 Å². The number of hydrogen-bond acceptors (Lipinski definition) is 4. The van der Waals surface area contributed by atoms with Crippen LogP contribution in [0.4, 0.5) is 13.2 Å². The van der Waals surface area contributed by atoms with Crippen LogP contribution in [0, 0.1) is 0 Å². The Hall–Kier alpha value is -1.37. The zero-order valence-corrected chi connectivity index (χ0v) is 6.95. The van der Waals surface area contributed by atoms with Gasteiger partial charge in [-0.2, -0.15) is 13.2 Å². The molecule has 14 heavy (non-hydrogen) atoms. The van der Waals surface area contributed by atoms with Crippen LogP contribution in [0.5, 0.6) is 5.88 Å². The van der Waals surface area contributed by atoms with Crippen molar-refractivity contribution in [3.05, 3.63) is 18.1 Å². The molecule has 0 fully saturated rings. The Morgan fingerprint density at radius 3 is 2.50 bits per heavy atom. The number of halogens is 3. The van der Waals surface area contributed by atoms with Gasteiger partial charge in [0.2, 0.25) is 5.88 Å². The van der Waals surface area contributed by atoms with E-state index in [1.54, 1.807) is 0 Å². The van der Waals surface area contributed by atoms with E-state index in [0.717, 1.165) is 0 Å². The van der Waals surface area contributed by atoms with E-state index < -0.39 is 19.4 Å². The summed E-state index contributed by atoms with van der Waals surface area (Å²) in [5.41, 5.74) is -0.0169. The van der Waals surface area contributed by atoms with Crippen LogP contribution in [0.2, 0.25) is 0 Å². The number of alkyl halides is 3. The predicted molar refractivity (Wildman–Crippen MR) is 39.5 cm³/mol. The molecule has 0 radical (unpaired) electrons. The fraction of sp³-hybridized carbons (Fsp3) is 0.429. The highest BCUT2D eigenvalue weighted by atomic mass is 19.4. The molecule has 1 heterocycles. The van der Waals surface area contributed by atoms with Crippen LogP contribution >= 0.6 is 0 Å². The molecule has 0 unspecified atom stereocenters. The average Bonchev–Trinajstić information content (AvgIpc) is 2.14. The fourth-order valence-corrected chi connectivity index (χ4v) is 0.733. The van der Waals surface area contributed by atoms with Gasteiger partial charge in [0.05, 0.1) is 6.61 Å². The number of hydrogen-bond donors (Lipinski definition) is 1. The molecule has 0 atom stereocenters. The van der Waals surface area contributed by atoms with Crippen molar-refractivity contribution >= 4 is 0 Å². The van der Waals surface area contributed by atoms with Gasteiger partial charge in [-0.05, 0) is 0 Å². The number of aliphatic hydroxyl groups is 1. The van der Waals surface area contributed by atoms with Gasteiger partial charge in [0, 0.05) is 12.4 Å². The lowest BCUT2D eigenvalue weighted by Crippen LogP contribution is -2.20. The highest BCUT2D eigenvalue weighted by Crippen LogP contribution is 2.18. The maximum Gasteiger partial charge on any atom is 0.422 e. The maximum absolute atomic E-state index is 11.7. The molecule has 0 saturated carbocycles. The number of aromatic nitrogens is 2. The third kappa shape index (κ3) is 3.17. The summed E-state index contributed by atoms with van der Waals surface area (Å²) in [6, 6.07) is 0. The lowest BCUT2D eigenvalue weighted by atomic mass is 10.4. The molecule has 7 heteroatoms. The second-order valence-electron chi connectivity index (χ2n) is 2.37. The third-order valence-electron chi connectivity index (χ3n) is 1.26. The standard InChI is InChI=1S/C7H7F3N2O2/c8-7(9,10)4-14-6-5(3-13)11-1-2-12-6/h1-2,13H,3-4H2. The summed E-state index contributed by atoms with van der Waals surface area (Å²) in [5, 5.41) is 8.68. The van der Waals surface area contributed by atoms with Crippen LogP contribution in [0.1, 0.15) is 5.69 Å². The van der Waals surface area contributed by atoms with Crippen LogP contribution in [-0.4, -0.2) is 27.9 Å². The van der Waals surface area contributed by atoms with E-state index in [9.17, 15) is 13.2 Å². The Balaban J connectivity index is 2.67. The second kappa shape index (κ2) is 4.23. The SMILES string of the molecule is OCc1nccnc1OCC(F)(F)F. The van der Waals surface area contributed by atoms with Gasteiger partial charge in [-0.15, -0.1) is 0 Å². The first-order valence-electron chi connectivity index (χ1n) is 3.63. The first-order valence-corrected chi connectivity index (χ1v) is 3.63. The minimum Gasteiger partial charge on any atom is -0.467 e. The predicted octanol–water partition coefficient (Wildman–Crippen LogP) is 0.910. The molecule has 0 bridgehead atoms. The van der Waals surface area contributed by atoms with Gasteiger partial charge in [0.15, 0.2) is 6.61 Å². The normalized spacial score (nSPS) is 11.4. The minimum atomic E-state index is -4.43. The molecule has 0 amide bonds. The summed E-state index contributed by atoms with van der Waals surface area (Å²) < 4.78 is 39.6. The number of ether oxygens (including phenoxy) is 1. The van der Waals surface area contributed by atoms with E-state index in [-0.39, 0.29) is 11.6 Å². The molecule has 1 rings (SSSR count). The quantitative estimate of drug-likeness (QED) is 0.802. The van der Waals surface area contributed by atoms with Crippen LogP contribution in [0.25, 0.3) is 0 Å². The van der Waals surface area contributed by atoms with E-state index in [2.05, 4.69) is 14.7 Å². The van der Waals surface area contributed by atoms with E-state index >= 15 is 0 Å². The summed E-state index contributed by atoms with van der Waals surface area (Å²) in [7, 11) is 0. The van der Waals surface area contributed by atoms with Gasteiger partial charge < -0.3 is 9.84 Å². The van der Waals surface area contributed by atoms with E-state index in [4.69, 9.17) is 5.11 Å². The number of rotatable bonds is 3. The van der Waals surface area contributed by atoms with Crippen molar-refractivity contribution in [1.82, 2.24) is 9.97 Å². The van der Waals surface area contributed by atoms with Crippen molar-refractivity contribution in [3.8, 4) is 5.88 Å². The summed E-state index contributed by atoms with van der Waals surface area (Å²) in [6.45, 7) is -1.96. The van der Waals surface area contributed by atoms with Crippen molar-refractivity contribution in [3.63, 3.8) is 0 Å². The van der Waals surface area contributed by atoms with Gasteiger partial charge in [0.25, 0.3) is 0 Å². The lowest BCUT2D eigenvalue weighted by molar-refractivity contribution is -0.154. The monoisotopic (exact) mass is 208 g/mol. The third-order valence-corrected chi connectivity index (χ3v) is 1.26. The van der Waals surface area contributed by atoms with Gasteiger partial charge >= 0.3 is 6.18 Å². The van der Waals surface area contributed by atoms with Crippen LogP contribution < -0.4 is 4.74 Å². The van der Waals surface area contributed by atoms with Crippen molar-refractivity contribution in [1.29, 1.82) is 0 Å². The molecule has 0 aromatic carbocycles. The Bertz CT molecular complexity index is 303. The van der Waals surface area contributed by atoms with Crippen LogP contribution in [0.3, 0.4) is 0 Å². The van der Waals surface area contributed by atoms with Gasteiger partial charge in [-0.1, -0.05) is 0 Å². The second-order valence-corrected chi connectivity index (χ2v) is 2.37. The molecule has 0 aliphatic rings. The molecule has 0 spiro atoms. The van der Waals surface area contributed by atoms with E-state index in [1.807, 2.05) is 0 Å².